The molecule has 1 N–H and O–H groups in total. The highest BCUT2D eigenvalue weighted by atomic mass is 32.1. The minimum absolute atomic E-state index is 0.157. The lowest BCUT2D eigenvalue weighted by Crippen LogP contribution is -2.47. The second-order valence-electron chi connectivity index (χ2n) is 7.19. The summed E-state index contributed by atoms with van der Waals surface area (Å²) in [5.74, 6) is 0.488. The number of ether oxygens (including phenoxy) is 1. The van der Waals surface area contributed by atoms with Crippen molar-refractivity contribution in [1.29, 1.82) is 0 Å². The van der Waals surface area contributed by atoms with Crippen LogP contribution in [-0.4, -0.2) is 73.9 Å². The van der Waals surface area contributed by atoms with Crippen LogP contribution in [-0.2, 0) is 4.74 Å². The van der Waals surface area contributed by atoms with Crippen molar-refractivity contribution >= 4 is 17.2 Å². The molecule has 3 heterocycles. The number of aliphatic hydroxyl groups is 1. The Balaban J connectivity index is 1.63. The molecule has 1 amide bonds. The summed E-state index contributed by atoms with van der Waals surface area (Å²) in [4.78, 5) is 18.0. The third kappa shape index (κ3) is 3.38. The van der Waals surface area contributed by atoms with E-state index in [4.69, 9.17) is 4.74 Å². The molecule has 0 radical (unpaired) electrons. The lowest BCUT2D eigenvalue weighted by molar-refractivity contribution is 0.0402. The number of piperidine rings is 1. The third-order valence-corrected chi connectivity index (χ3v) is 6.82. The third-order valence-electron chi connectivity index (χ3n) is 5.82. The van der Waals surface area contributed by atoms with E-state index in [9.17, 15) is 9.90 Å². The van der Waals surface area contributed by atoms with Crippen LogP contribution in [0.5, 0.6) is 0 Å². The number of nitrogens with zero attached hydrogens (tertiary/aromatic N) is 2. The van der Waals surface area contributed by atoms with Gasteiger partial charge in [0.25, 0.3) is 5.91 Å². The second-order valence-corrected chi connectivity index (χ2v) is 8.11. The first-order valence-corrected chi connectivity index (χ1v) is 9.63. The van der Waals surface area contributed by atoms with Crippen molar-refractivity contribution in [3.8, 4) is 0 Å². The van der Waals surface area contributed by atoms with E-state index in [1.165, 1.54) is 11.3 Å². The number of likely N-dealkylation sites (tertiary alicyclic amines) is 2. The molecule has 1 spiro atoms. The Kier molecular flexibility index (Phi) is 5.59. The predicted molar refractivity (Wildman–Crippen MR) is 95.5 cm³/mol. The molecule has 6 heteroatoms. The van der Waals surface area contributed by atoms with Crippen LogP contribution in [0.1, 0.15) is 28.1 Å². The van der Waals surface area contributed by atoms with E-state index in [0.29, 0.717) is 5.92 Å². The molecule has 1 aromatic rings. The Morgan fingerprint density at radius 2 is 2.21 bits per heavy atom. The fraction of sp³-hybridized carbons (Fsp3) is 0.722. The first kappa shape index (κ1) is 17.9. The molecule has 0 aromatic carbocycles. The summed E-state index contributed by atoms with van der Waals surface area (Å²) in [6, 6.07) is 2.01. The molecule has 1 unspecified atom stereocenters. The van der Waals surface area contributed by atoms with Crippen LogP contribution in [0.4, 0.5) is 0 Å². The fourth-order valence-electron chi connectivity index (χ4n) is 4.24. The number of amides is 1. The quantitative estimate of drug-likeness (QED) is 0.879. The molecule has 1 atom stereocenters. The van der Waals surface area contributed by atoms with Crippen molar-refractivity contribution in [2.75, 3.05) is 53.0 Å². The van der Waals surface area contributed by atoms with Crippen LogP contribution in [0.3, 0.4) is 0 Å². The number of carbonyl (C=O) groups excluding carboxylic acids is 1. The zero-order chi connectivity index (χ0) is 17.2. The van der Waals surface area contributed by atoms with Gasteiger partial charge < -0.3 is 19.6 Å². The summed E-state index contributed by atoms with van der Waals surface area (Å²) in [7, 11) is 1.73. The maximum Gasteiger partial charge on any atom is 0.264 e. The molecule has 0 bridgehead atoms. The van der Waals surface area contributed by atoms with Gasteiger partial charge in [0.2, 0.25) is 0 Å². The van der Waals surface area contributed by atoms with E-state index >= 15 is 0 Å². The SMILES string of the molecule is COCCN1CC(CO)C2(CCN(C(=O)c3sccc3C)CC2)C1. The van der Waals surface area contributed by atoms with Crippen molar-refractivity contribution in [2.24, 2.45) is 11.3 Å². The maximum absolute atomic E-state index is 12.7. The van der Waals surface area contributed by atoms with Crippen LogP contribution < -0.4 is 0 Å². The summed E-state index contributed by atoms with van der Waals surface area (Å²) < 4.78 is 5.19. The Hall–Kier alpha value is -0.950. The molecule has 2 fully saturated rings. The van der Waals surface area contributed by atoms with Crippen molar-refractivity contribution in [3.63, 3.8) is 0 Å². The number of methoxy groups -OCH3 is 1. The van der Waals surface area contributed by atoms with Crippen LogP contribution in [0.15, 0.2) is 11.4 Å². The van der Waals surface area contributed by atoms with Gasteiger partial charge in [0, 0.05) is 52.4 Å². The van der Waals surface area contributed by atoms with Gasteiger partial charge in [-0.2, -0.15) is 0 Å². The first-order chi connectivity index (χ1) is 11.6. The summed E-state index contributed by atoms with van der Waals surface area (Å²) in [6.07, 6.45) is 1.97. The molecule has 0 saturated carbocycles. The Labute approximate surface area is 148 Å². The molecular weight excluding hydrogens is 324 g/mol. The highest BCUT2D eigenvalue weighted by Gasteiger charge is 2.47. The predicted octanol–water partition coefficient (Wildman–Crippen LogP) is 1.85. The summed E-state index contributed by atoms with van der Waals surface area (Å²) in [5.41, 5.74) is 1.23. The normalized spacial score (nSPS) is 24.0. The van der Waals surface area contributed by atoms with E-state index in [2.05, 4.69) is 4.90 Å². The van der Waals surface area contributed by atoms with E-state index in [0.717, 1.165) is 62.6 Å². The minimum Gasteiger partial charge on any atom is -0.396 e. The van der Waals surface area contributed by atoms with Gasteiger partial charge in [-0.05, 0) is 42.2 Å². The smallest absolute Gasteiger partial charge is 0.264 e. The lowest BCUT2D eigenvalue weighted by atomic mass is 9.71. The first-order valence-electron chi connectivity index (χ1n) is 8.75. The van der Waals surface area contributed by atoms with Crippen LogP contribution in [0.2, 0.25) is 0 Å². The van der Waals surface area contributed by atoms with Crippen LogP contribution in [0, 0.1) is 18.3 Å². The highest BCUT2D eigenvalue weighted by Crippen LogP contribution is 2.44. The molecule has 2 saturated heterocycles. The zero-order valence-corrected chi connectivity index (χ0v) is 15.5. The van der Waals surface area contributed by atoms with E-state index in [1.54, 1.807) is 7.11 Å². The average Bonchev–Trinajstić information content (AvgIpc) is 3.17. The van der Waals surface area contributed by atoms with E-state index in [1.807, 2.05) is 23.3 Å². The fourth-order valence-corrected chi connectivity index (χ4v) is 5.14. The molecular formula is C18H28N2O3S. The summed E-state index contributed by atoms with van der Waals surface area (Å²) >= 11 is 1.54. The monoisotopic (exact) mass is 352 g/mol. The van der Waals surface area contributed by atoms with Gasteiger partial charge in [-0.25, -0.2) is 0 Å². The molecule has 134 valence electrons. The van der Waals surface area contributed by atoms with E-state index < -0.39 is 0 Å². The molecule has 2 aliphatic rings. The number of hydrogen-bond donors (Lipinski definition) is 1. The van der Waals surface area contributed by atoms with Gasteiger partial charge in [0.15, 0.2) is 0 Å². The molecule has 5 nitrogen and oxygen atoms in total. The van der Waals surface area contributed by atoms with Gasteiger partial charge in [0.1, 0.15) is 0 Å². The number of thiophene rings is 1. The number of carbonyl (C=O) groups is 1. The molecule has 2 aliphatic heterocycles. The van der Waals surface area contributed by atoms with Crippen molar-refractivity contribution < 1.29 is 14.6 Å². The standard InChI is InChI=1S/C18H28N2O3S/c1-14-3-10-24-16(14)17(22)20-6-4-18(5-7-20)13-19(8-9-23-2)11-15(18)12-21/h3,10,15,21H,4-9,11-13H2,1-2H3. The number of rotatable bonds is 5. The van der Waals surface area contributed by atoms with Crippen molar-refractivity contribution in [1.82, 2.24) is 9.80 Å². The second kappa shape index (κ2) is 7.52. The summed E-state index contributed by atoms with van der Waals surface area (Å²) in [5, 5.41) is 11.8. The van der Waals surface area contributed by atoms with Gasteiger partial charge in [-0.1, -0.05) is 0 Å². The van der Waals surface area contributed by atoms with Crippen LogP contribution in [0.25, 0.3) is 0 Å². The molecule has 0 aliphatic carbocycles. The molecule has 1 aromatic heterocycles. The Bertz CT molecular complexity index is 566. The molecule has 24 heavy (non-hydrogen) atoms. The van der Waals surface area contributed by atoms with Crippen molar-refractivity contribution in [2.45, 2.75) is 19.8 Å². The van der Waals surface area contributed by atoms with Gasteiger partial charge in [0.05, 0.1) is 11.5 Å². The number of aliphatic hydroxyl groups excluding tert-OH is 1. The Morgan fingerprint density at radius 1 is 1.46 bits per heavy atom. The minimum atomic E-state index is 0.157. The largest absolute Gasteiger partial charge is 0.396 e. The van der Waals surface area contributed by atoms with Crippen molar-refractivity contribution in [3.05, 3.63) is 21.9 Å². The summed E-state index contributed by atoms with van der Waals surface area (Å²) in [6.45, 7) is 7.44. The van der Waals surface area contributed by atoms with Crippen LogP contribution >= 0.6 is 11.3 Å². The zero-order valence-electron chi connectivity index (χ0n) is 14.7. The Morgan fingerprint density at radius 3 is 2.79 bits per heavy atom. The van der Waals surface area contributed by atoms with E-state index in [-0.39, 0.29) is 17.9 Å². The topological polar surface area (TPSA) is 53.0 Å². The number of hydrogen-bond acceptors (Lipinski definition) is 5. The number of aryl methyl sites for hydroxylation is 1. The molecule has 3 rings (SSSR count). The maximum atomic E-state index is 12.7. The lowest BCUT2D eigenvalue weighted by Gasteiger charge is -2.42. The van der Waals surface area contributed by atoms with Gasteiger partial charge in [-0.3, -0.25) is 4.79 Å². The van der Waals surface area contributed by atoms with Gasteiger partial charge >= 0.3 is 0 Å². The highest BCUT2D eigenvalue weighted by molar-refractivity contribution is 7.12. The average molecular weight is 353 g/mol. The van der Waals surface area contributed by atoms with Gasteiger partial charge in [-0.15, -0.1) is 11.3 Å².